The van der Waals surface area contributed by atoms with Gasteiger partial charge in [-0.15, -0.1) is 5.10 Å². The van der Waals surface area contributed by atoms with Crippen LogP contribution in [0.15, 0.2) is 17.0 Å². The number of rotatable bonds is 0. The molecule has 4 heteroatoms. The van der Waals surface area contributed by atoms with E-state index in [9.17, 15) is 0 Å². The van der Waals surface area contributed by atoms with E-state index in [4.69, 9.17) is 0 Å². The first kappa shape index (κ1) is 5.66. The van der Waals surface area contributed by atoms with Crippen LogP contribution in [0.4, 0.5) is 0 Å². The van der Waals surface area contributed by atoms with Crippen LogP contribution < -0.4 is 0 Å². The standard InChI is InChI=1S/C2H2N2O.H2Se/c1-2-5-4-3-1;/h1-2H;1H2. The molecule has 3 nitrogen and oxygen atoms in total. The van der Waals surface area contributed by atoms with Crippen molar-refractivity contribution in [2.45, 2.75) is 0 Å². The molecule has 0 aliphatic rings. The summed E-state index contributed by atoms with van der Waals surface area (Å²) in [4.78, 5) is 0. The summed E-state index contributed by atoms with van der Waals surface area (Å²) >= 11 is 0. The minimum Gasteiger partial charge on any atom is -0.346 e. The van der Waals surface area contributed by atoms with Crippen molar-refractivity contribution in [1.82, 2.24) is 10.4 Å². The van der Waals surface area contributed by atoms with Crippen molar-refractivity contribution in [1.29, 1.82) is 0 Å². The Balaban J connectivity index is 0.000000250. The van der Waals surface area contributed by atoms with Gasteiger partial charge in [0, 0.05) is 5.27 Å². The summed E-state index contributed by atoms with van der Waals surface area (Å²) in [6.07, 6.45) is 2.88. The number of hydrogen-bond acceptors (Lipinski definition) is 3. The molecule has 0 N–H and O–H groups in total. The van der Waals surface area contributed by atoms with Gasteiger partial charge in [-0.05, 0) is 0 Å². The monoisotopic (exact) mass is 152 g/mol. The summed E-state index contributed by atoms with van der Waals surface area (Å²) < 4.78 is 4.22. The Bertz CT molecular complexity index is 68.0. The second-order valence-corrected chi connectivity index (χ2v) is 0.588. The smallest absolute Gasteiger partial charge is 0.144 e. The van der Waals surface area contributed by atoms with Crippen molar-refractivity contribution in [3.05, 3.63) is 12.5 Å². The second-order valence-electron chi connectivity index (χ2n) is 0.588. The van der Waals surface area contributed by atoms with E-state index < -0.39 is 0 Å². The molecule has 0 aromatic carbocycles. The summed E-state index contributed by atoms with van der Waals surface area (Å²) in [7, 11) is 0. The molecule has 0 radical (unpaired) electrons. The fourth-order valence-electron chi connectivity index (χ4n) is 0.136. The molecule has 0 spiro atoms. The van der Waals surface area contributed by atoms with E-state index in [0.717, 1.165) is 0 Å². The Hall–Kier alpha value is -0.341. The van der Waals surface area contributed by atoms with Crippen LogP contribution in [0.5, 0.6) is 0 Å². The van der Waals surface area contributed by atoms with Gasteiger partial charge in [0.1, 0.15) is 6.26 Å². The Labute approximate surface area is 45.2 Å². The molecule has 6 heavy (non-hydrogen) atoms. The van der Waals surface area contributed by atoms with Gasteiger partial charge in [0.2, 0.25) is 0 Å². The Morgan fingerprint density at radius 3 is 2.50 bits per heavy atom. The fraction of sp³-hybridized carbons (Fsp3) is 0. The first-order valence-electron chi connectivity index (χ1n) is 1.21. The molecular formula is C2H4N2OSe. The minimum atomic E-state index is 0. The SMILES string of the molecule is [SeH2].c1conn1. The molecule has 1 rings (SSSR count). The largest absolute Gasteiger partial charge is 0.346 e. The molecule has 0 aliphatic carbocycles. The van der Waals surface area contributed by atoms with Gasteiger partial charge < -0.3 is 4.52 Å². The van der Waals surface area contributed by atoms with Gasteiger partial charge in [-0.2, -0.15) is 0 Å². The van der Waals surface area contributed by atoms with Gasteiger partial charge in [-0.1, -0.05) is 0 Å². The van der Waals surface area contributed by atoms with E-state index in [1.807, 2.05) is 0 Å². The van der Waals surface area contributed by atoms with Crippen LogP contribution in [-0.2, 0) is 0 Å². The van der Waals surface area contributed by atoms with E-state index in [1.165, 1.54) is 12.5 Å². The average molecular weight is 151 g/mol. The van der Waals surface area contributed by atoms with Crippen LogP contribution in [-0.4, -0.2) is 27.4 Å². The average Bonchev–Trinajstić information content (AvgIpc) is 1.76. The molecule has 1 aromatic heterocycles. The fourth-order valence-corrected chi connectivity index (χ4v) is 0.136. The number of hydrogen-bond donors (Lipinski definition) is 0. The van der Waals surface area contributed by atoms with Gasteiger partial charge in [-0.25, -0.2) is 0 Å². The third-order valence-corrected chi connectivity index (χ3v) is 0.283. The summed E-state index contributed by atoms with van der Waals surface area (Å²) in [6, 6.07) is 0. The van der Waals surface area contributed by atoms with Gasteiger partial charge >= 0.3 is 17.1 Å². The van der Waals surface area contributed by atoms with E-state index >= 15 is 0 Å². The topological polar surface area (TPSA) is 38.9 Å². The summed E-state index contributed by atoms with van der Waals surface area (Å²) in [5, 5.41) is 6.40. The van der Waals surface area contributed by atoms with Crippen molar-refractivity contribution in [2.24, 2.45) is 0 Å². The molecule has 0 bridgehead atoms. The predicted molar refractivity (Wildman–Crippen MR) is 22.8 cm³/mol. The van der Waals surface area contributed by atoms with Crippen LogP contribution in [0, 0.1) is 0 Å². The van der Waals surface area contributed by atoms with Crippen LogP contribution in [0.25, 0.3) is 0 Å². The van der Waals surface area contributed by atoms with Gasteiger partial charge in [0.15, 0.2) is 0 Å². The zero-order chi connectivity index (χ0) is 3.54. The molecule has 1 aromatic rings. The van der Waals surface area contributed by atoms with E-state index in [1.54, 1.807) is 0 Å². The molecular weight excluding hydrogens is 147 g/mol. The number of nitrogens with zero attached hydrogens (tertiary/aromatic N) is 2. The van der Waals surface area contributed by atoms with Crippen molar-refractivity contribution >= 4 is 17.1 Å². The van der Waals surface area contributed by atoms with Crippen molar-refractivity contribution in [2.75, 3.05) is 0 Å². The minimum absolute atomic E-state index is 0. The van der Waals surface area contributed by atoms with Crippen LogP contribution >= 0.6 is 0 Å². The first-order chi connectivity index (χ1) is 2.50. The Kier molecular flexibility index (Phi) is 2.71. The maximum atomic E-state index is 4.22. The van der Waals surface area contributed by atoms with Crippen LogP contribution in [0.3, 0.4) is 0 Å². The van der Waals surface area contributed by atoms with Crippen molar-refractivity contribution in [3.8, 4) is 0 Å². The molecule has 34 valence electrons. The van der Waals surface area contributed by atoms with Crippen LogP contribution in [0.2, 0.25) is 0 Å². The first-order valence-corrected chi connectivity index (χ1v) is 1.21. The summed E-state index contributed by atoms with van der Waals surface area (Å²) in [6.45, 7) is 0. The molecule has 0 amide bonds. The van der Waals surface area contributed by atoms with Crippen molar-refractivity contribution in [3.63, 3.8) is 0 Å². The third kappa shape index (κ3) is 1.19. The molecule has 1 heterocycles. The van der Waals surface area contributed by atoms with Gasteiger partial charge in [0.25, 0.3) is 0 Å². The molecule has 0 fully saturated rings. The maximum Gasteiger partial charge on any atom is 0.144 e. The predicted octanol–water partition coefficient (Wildman–Crippen LogP) is -0.847. The van der Waals surface area contributed by atoms with Crippen molar-refractivity contribution < 1.29 is 4.52 Å². The van der Waals surface area contributed by atoms with Crippen LogP contribution in [0.1, 0.15) is 0 Å². The van der Waals surface area contributed by atoms with E-state index in [2.05, 4.69) is 14.9 Å². The molecule has 0 saturated heterocycles. The molecule has 0 atom stereocenters. The van der Waals surface area contributed by atoms with Gasteiger partial charge in [0.05, 0.1) is 6.20 Å². The Morgan fingerprint density at radius 2 is 2.33 bits per heavy atom. The normalized spacial score (nSPS) is 6.67. The zero-order valence-electron chi connectivity index (χ0n) is 2.96. The number of aromatic nitrogens is 2. The Morgan fingerprint density at radius 1 is 1.50 bits per heavy atom. The second kappa shape index (κ2) is 2.87. The quantitative estimate of drug-likeness (QED) is 0.453. The van der Waals surface area contributed by atoms with Gasteiger partial charge in [-0.3, -0.25) is 0 Å². The zero-order valence-corrected chi connectivity index (χ0v) is 5.06. The maximum absolute atomic E-state index is 4.22. The van der Waals surface area contributed by atoms with E-state index in [0.29, 0.717) is 0 Å². The van der Waals surface area contributed by atoms with E-state index in [-0.39, 0.29) is 17.1 Å². The summed E-state index contributed by atoms with van der Waals surface area (Å²) in [5.41, 5.74) is 0. The summed E-state index contributed by atoms with van der Waals surface area (Å²) in [5.74, 6) is 0. The molecule has 0 unspecified atom stereocenters. The molecule has 0 saturated carbocycles. The molecule has 0 aliphatic heterocycles. The third-order valence-electron chi connectivity index (χ3n) is 0.283.